The zero-order valence-electron chi connectivity index (χ0n) is 34.4. The first kappa shape index (κ1) is 50.3. The lowest BCUT2D eigenvalue weighted by molar-refractivity contribution is -0.134. The van der Waals surface area contributed by atoms with E-state index in [1.54, 1.807) is 0 Å². The third kappa shape index (κ3) is 29.3. The maximum absolute atomic E-state index is 13.8. The summed E-state index contributed by atoms with van der Waals surface area (Å²) in [7, 11) is 0. The fraction of sp³-hybridized carbons (Fsp3) is 0.878. The maximum Gasteiger partial charge on any atom is 0.243 e. The molecule has 0 aliphatic heterocycles. The average Bonchev–Trinajstić information content (AvgIpc) is 3.10. The molecule has 0 aromatic rings. The highest BCUT2D eigenvalue weighted by molar-refractivity contribution is 5.94. The Morgan fingerprint density at radius 3 is 1.62 bits per heavy atom. The predicted molar refractivity (Wildman–Crippen MR) is 220 cm³/mol. The molecule has 0 aromatic carbocycles. The molecule has 12 heteroatoms. The molecule has 310 valence electrons. The molecule has 0 saturated heterocycles. The lowest BCUT2D eigenvalue weighted by Crippen LogP contribution is -2.52. The molecule has 53 heavy (non-hydrogen) atoms. The SMILES string of the molecule is CCCCCCCCCCCCCCCC(=O)N[C@@H](CCCCN)C(=O)N[C@@H](CCCCN)C(=O)C[C@@H](CC(C)C)C(=O)N[C@H](C)CCCN=C(N)N. The van der Waals surface area contributed by atoms with Crippen LogP contribution in [0.4, 0.5) is 0 Å². The fourth-order valence-electron chi connectivity index (χ4n) is 6.69. The van der Waals surface area contributed by atoms with Gasteiger partial charge in [-0.05, 0) is 90.1 Å². The highest BCUT2D eigenvalue weighted by Gasteiger charge is 2.30. The van der Waals surface area contributed by atoms with Crippen LogP contribution in [-0.4, -0.2) is 67.2 Å². The van der Waals surface area contributed by atoms with Gasteiger partial charge in [0.15, 0.2) is 11.7 Å². The van der Waals surface area contributed by atoms with E-state index in [1.807, 2.05) is 20.8 Å². The van der Waals surface area contributed by atoms with E-state index in [1.165, 1.54) is 64.2 Å². The monoisotopic (exact) mass is 751 g/mol. The molecule has 0 bridgehead atoms. The summed E-state index contributed by atoms with van der Waals surface area (Å²) in [5, 5.41) is 8.98. The van der Waals surface area contributed by atoms with Crippen molar-refractivity contribution in [1.82, 2.24) is 16.0 Å². The van der Waals surface area contributed by atoms with Crippen LogP contribution >= 0.6 is 0 Å². The Morgan fingerprint density at radius 2 is 1.11 bits per heavy atom. The smallest absolute Gasteiger partial charge is 0.243 e. The highest BCUT2D eigenvalue weighted by atomic mass is 16.2. The third-order valence-corrected chi connectivity index (χ3v) is 9.81. The number of carbonyl (C=O) groups is 4. The van der Waals surface area contributed by atoms with Gasteiger partial charge in [-0.25, -0.2) is 0 Å². The number of carbonyl (C=O) groups excluding carboxylic acids is 4. The molecule has 4 atom stereocenters. The molecule has 0 rings (SSSR count). The molecule has 0 aliphatic carbocycles. The largest absolute Gasteiger partial charge is 0.370 e. The summed E-state index contributed by atoms with van der Waals surface area (Å²) in [6.07, 6.45) is 22.0. The van der Waals surface area contributed by atoms with Gasteiger partial charge in [0.05, 0.1) is 6.04 Å². The van der Waals surface area contributed by atoms with Crippen molar-refractivity contribution in [1.29, 1.82) is 0 Å². The van der Waals surface area contributed by atoms with Crippen molar-refractivity contribution >= 4 is 29.5 Å². The number of aliphatic imine (C=N–C) groups is 1. The second-order valence-electron chi connectivity index (χ2n) is 15.6. The average molecular weight is 751 g/mol. The number of ketones is 1. The van der Waals surface area contributed by atoms with E-state index in [2.05, 4.69) is 27.9 Å². The van der Waals surface area contributed by atoms with Crippen LogP contribution in [0.1, 0.15) is 182 Å². The number of unbranched alkanes of at least 4 members (excludes halogenated alkanes) is 14. The Labute approximate surface area is 323 Å². The molecule has 0 heterocycles. The van der Waals surface area contributed by atoms with Crippen LogP contribution < -0.4 is 38.9 Å². The van der Waals surface area contributed by atoms with E-state index in [0.717, 1.165) is 25.7 Å². The minimum absolute atomic E-state index is 0.0154. The quantitative estimate of drug-likeness (QED) is 0.0232. The van der Waals surface area contributed by atoms with Crippen LogP contribution in [0.25, 0.3) is 0 Å². The van der Waals surface area contributed by atoms with Crippen LogP contribution in [0, 0.1) is 11.8 Å². The lowest BCUT2D eigenvalue weighted by atomic mass is 9.88. The van der Waals surface area contributed by atoms with Crippen LogP contribution in [0.5, 0.6) is 0 Å². The molecular weight excluding hydrogens is 669 g/mol. The molecule has 11 N–H and O–H groups in total. The number of hydrogen-bond donors (Lipinski definition) is 7. The Balaban J connectivity index is 5.20. The van der Waals surface area contributed by atoms with Gasteiger partial charge in [-0.1, -0.05) is 97.8 Å². The third-order valence-electron chi connectivity index (χ3n) is 9.81. The van der Waals surface area contributed by atoms with Crippen molar-refractivity contribution in [2.75, 3.05) is 19.6 Å². The van der Waals surface area contributed by atoms with Gasteiger partial charge in [0.1, 0.15) is 6.04 Å². The zero-order chi connectivity index (χ0) is 39.7. The molecule has 0 aliphatic rings. The first-order valence-corrected chi connectivity index (χ1v) is 21.3. The summed E-state index contributed by atoms with van der Waals surface area (Å²) in [5.41, 5.74) is 22.3. The summed E-state index contributed by atoms with van der Waals surface area (Å²) in [6.45, 7) is 9.68. The number of nitrogens with one attached hydrogen (secondary N) is 3. The first-order chi connectivity index (χ1) is 25.4. The number of rotatable bonds is 36. The lowest BCUT2D eigenvalue weighted by Gasteiger charge is -2.26. The van der Waals surface area contributed by atoms with Gasteiger partial charge in [0.25, 0.3) is 0 Å². The number of nitrogens with zero attached hydrogens (tertiary/aromatic N) is 1. The number of amides is 3. The highest BCUT2D eigenvalue weighted by Crippen LogP contribution is 2.20. The van der Waals surface area contributed by atoms with Gasteiger partial charge in [-0.15, -0.1) is 0 Å². The van der Waals surface area contributed by atoms with Gasteiger partial charge >= 0.3 is 0 Å². The van der Waals surface area contributed by atoms with Crippen molar-refractivity contribution in [3.05, 3.63) is 0 Å². The molecular formula is C41H82N8O4. The molecule has 3 amide bonds. The van der Waals surface area contributed by atoms with Gasteiger partial charge in [0.2, 0.25) is 17.7 Å². The van der Waals surface area contributed by atoms with E-state index in [4.69, 9.17) is 22.9 Å². The van der Waals surface area contributed by atoms with Crippen LogP contribution in [-0.2, 0) is 19.2 Å². The molecule has 0 radical (unpaired) electrons. The van der Waals surface area contributed by atoms with Crippen molar-refractivity contribution in [3.63, 3.8) is 0 Å². The number of nitrogens with two attached hydrogens (primary N) is 4. The topological polar surface area (TPSA) is 221 Å². The van der Waals surface area contributed by atoms with E-state index < -0.39 is 18.0 Å². The second-order valence-corrected chi connectivity index (χ2v) is 15.6. The summed E-state index contributed by atoms with van der Waals surface area (Å²) in [6, 6.07) is -1.64. The Bertz CT molecular complexity index is 989. The summed E-state index contributed by atoms with van der Waals surface area (Å²) >= 11 is 0. The van der Waals surface area contributed by atoms with Crippen LogP contribution in [0.15, 0.2) is 4.99 Å². The summed E-state index contributed by atoms with van der Waals surface area (Å²) in [4.78, 5) is 57.9. The van der Waals surface area contributed by atoms with Crippen molar-refractivity contribution in [2.45, 2.75) is 200 Å². The molecule has 0 aromatic heterocycles. The van der Waals surface area contributed by atoms with Crippen molar-refractivity contribution in [3.8, 4) is 0 Å². The van der Waals surface area contributed by atoms with E-state index in [9.17, 15) is 19.2 Å². The van der Waals surface area contributed by atoms with Crippen LogP contribution in [0.2, 0.25) is 0 Å². The van der Waals surface area contributed by atoms with E-state index in [-0.39, 0.29) is 47.8 Å². The minimum atomic E-state index is -0.775. The van der Waals surface area contributed by atoms with E-state index in [0.29, 0.717) is 77.4 Å². The normalized spacial score (nSPS) is 13.6. The molecule has 0 fully saturated rings. The summed E-state index contributed by atoms with van der Waals surface area (Å²) < 4.78 is 0. The van der Waals surface area contributed by atoms with Gasteiger partial charge in [-0.3, -0.25) is 24.2 Å². The first-order valence-electron chi connectivity index (χ1n) is 21.3. The van der Waals surface area contributed by atoms with Crippen molar-refractivity contribution < 1.29 is 19.2 Å². The van der Waals surface area contributed by atoms with Crippen molar-refractivity contribution in [2.24, 2.45) is 39.8 Å². The molecule has 0 unspecified atom stereocenters. The Kier molecular flexibility index (Phi) is 32.1. The Hall–Kier alpha value is -2.73. The maximum atomic E-state index is 13.8. The van der Waals surface area contributed by atoms with Crippen LogP contribution in [0.3, 0.4) is 0 Å². The van der Waals surface area contributed by atoms with Gasteiger partial charge in [0, 0.05) is 31.3 Å². The fourth-order valence-corrected chi connectivity index (χ4v) is 6.69. The number of Topliss-reactive ketones (excluding diaryl/α,β-unsaturated/α-hetero) is 1. The number of hydrogen-bond acceptors (Lipinski definition) is 7. The molecule has 12 nitrogen and oxygen atoms in total. The van der Waals surface area contributed by atoms with Gasteiger partial charge < -0.3 is 38.9 Å². The molecule has 0 spiro atoms. The second kappa shape index (κ2) is 33.8. The van der Waals surface area contributed by atoms with Gasteiger partial charge in [-0.2, -0.15) is 0 Å². The zero-order valence-corrected chi connectivity index (χ0v) is 34.4. The molecule has 0 saturated carbocycles. The standard InChI is InChI=1S/C41H82N8O4/c1-5-6-7-8-9-10-11-12-13-14-15-16-17-26-38(51)48-36(25-19-21-28-43)40(53)49-35(24-18-20-27-42)37(50)31-34(30-32(2)3)39(52)47-33(4)23-22-29-46-41(44)45/h32-36H,5-31,42-43H2,1-4H3,(H,47,52)(H,48,51)(H,49,53)(H4,44,45,46)/t33-,34-,35+,36+/m1/s1. The Morgan fingerprint density at radius 1 is 0.585 bits per heavy atom. The summed E-state index contributed by atoms with van der Waals surface area (Å²) in [5.74, 6) is -1.17. The predicted octanol–water partition coefficient (Wildman–Crippen LogP) is 5.88. The minimum Gasteiger partial charge on any atom is -0.370 e. The van der Waals surface area contributed by atoms with E-state index >= 15 is 0 Å². The number of guanidine groups is 1.